The van der Waals surface area contributed by atoms with Crippen LogP contribution in [-0.4, -0.2) is 20.2 Å². The Bertz CT molecular complexity index is 863. The van der Waals surface area contributed by atoms with Crippen LogP contribution in [0.3, 0.4) is 0 Å². The quantitative estimate of drug-likeness (QED) is 0.335. The predicted octanol–water partition coefficient (Wildman–Crippen LogP) is 4.58. The second-order valence-corrected chi connectivity index (χ2v) is 6.80. The molecule has 0 atom stereocenters. The third-order valence-electron chi connectivity index (χ3n) is 2.90. The van der Waals surface area contributed by atoms with Gasteiger partial charge in [0, 0.05) is 0 Å². The summed E-state index contributed by atoms with van der Waals surface area (Å²) in [5.74, 6) is -2.96. The predicted molar refractivity (Wildman–Crippen MR) is 79.2 cm³/mol. The highest BCUT2D eigenvalue weighted by molar-refractivity contribution is 7.98. The first-order chi connectivity index (χ1) is 11.1. The van der Waals surface area contributed by atoms with E-state index in [0.717, 1.165) is 30.0 Å². The smallest absolute Gasteiger partial charge is 0.373 e. The van der Waals surface area contributed by atoms with Gasteiger partial charge in [-0.15, -0.1) is 11.8 Å². The molecule has 10 heteroatoms. The minimum absolute atomic E-state index is 0.160. The van der Waals surface area contributed by atoms with Gasteiger partial charge in [0.15, 0.2) is 11.6 Å². The number of benzene rings is 2. The van der Waals surface area contributed by atoms with E-state index in [9.17, 15) is 30.4 Å². The highest BCUT2D eigenvalue weighted by Crippen LogP contribution is 2.35. The lowest BCUT2D eigenvalue weighted by Gasteiger charge is -2.12. The van der Waals surface area contributed by atoms with E-state index in [-0.39, 0.29) is 10.5 Å². The van der Waals surface area contributed by atoms with E-state index >= 15 is 0 Å². The first-order valence-corrected chi connectivity index (χ1v) is 8.83. The van der Waals surface area contributed by atoms with Crippen molar-refractivity contribution in [3.05, 3.63) is 48.0 Å². The van der Waals surface area contributed by atoms with Crippen LogP contribution >= 0.6 is 11.8 Å². The summed E-state index contributed by atoms with van der Waals surface area (Å²) in [5.41, 5.74) is -5.20. The minimum Gasteiger partial charge on any atom is -0.373 e. The van der Waals surface area contributed by atoms with Crippen molar-refractivity contribution in [3.63, 3.8) is 0 Å². The molecule has 0 saturated carbocycles. The van der Waals surface area contributed by atoms with Crippen LogP contribution in [0.1, 0.15) is 0 Å². The Kier molecular flexibility index (Phi) is 5.09. The largest absolute Gasteiger partial charge is 0.534 e. The molecule has 2 aromatic carbocycles. The summed E-state index contributed by atoms with van der Waals surface area (Å²) in [7, 11) is -5.97. The third-order valence-corrected chi connectivity index (χ3v) is 4.69. The van der Waals surface area contributed by atoms with Crippen molar-refractivity contribution in [1.82, 2.24) is 0 Å². The normalized spacial score (nSPS) is 12.2. The molecule has 0 heterocycles. The van der Waals surface area contributed by atoms with Gasteiger partial charge in [0.2, 0.25) is 0 Å². The molecule has 0 amide bonds. The fraction of sp³-hybridized carbons (Fsp3) is 0.143. The van der Waals surface area contributed by atoms with Crippen LogP contribution in [0.2, 0.25) is 0 Å². The van der Waals surface area contributed by atoms with Gasteiger partial charge in [0.1, 0.15) is 5.82 Å². The Morgan fingerprint density at radius 1 is 1.04 bits per heavy atom. The second-order valence-electron chi connectivity index (χ2n) is 4.45. The highest BCUT2D eigenvalue weighted by atomic mass is 32.2. The number of rotatable bonds is 4. The molecule has 0 radical (unpaired) electrons. The molecule has 3 nitrogen and oxygen atoms in total. The number of halogens is 5. The lowest BCUT2D eigenvalue weighted by molar-refractivity contribution is -0.0500. The van der Waals surface area contributed by atoms with Crippen molar-refractivity contribution in [1.29, 1.82) is 0 Å². The highest BCUT2D eigenvalue weighted by Gasteiger charge is 2.48. The zero-order valence-electron chi connectivity index (χ0n) is 11.9. The zero-order valence-corrected chi connectivity index (χ0v) is 13.5. The molecule has 24 heavy (non-hydrogen) atoms. The lowest BCUT2D eigenvalue weighted by Crippen LogP contribution is -2.28. The molecule has 0 unspecified atom stereocenters. The van der Waals surface area contributed by atoms with Crippen LogP contribution in [0.4, 0.5) is 22.0 Å². The van der Waals surface area contributed by atoms with Gasteiger partial charge in [-0.1, -0.05) is 18.2 Å². The van der Waals surface area contributed by atoms with Gasteiger partial charge >= 0.3 is 15.6 Å². The second kappa shape index (κ2) is 6.60. The lowest BCUT2D eigenvalue weighted by atomic mass is 10.1. The van der Waals surface area contributed by atoms with E-state index in [4.69, 9.17) is 0 Å². The van der Waals surface area contributed by atoms with Crippen molar-refractivity contribution in [2.24, 2.45) is 0 Å². The first kappa shape index (κ1) is 18.5. The van der Waals surface area contributed by atoms with Gasteiger partial charge in [-0.05, 0) is 35.6 Å². The Morgan fingerprint density at radius 3 is 2.25 bits per heavy atom. The number of thioether (sulfide) groups is 1. The Morgan fingerprint density at radius 2 is 1.71 bits per heavy atom. The van der Waals surface area contributed by atoms with Crippen LogP contribution in [0.15, 0.2) is 41.3 Å². The number of hydrogen-bond donors (Lipinski definition) is 0. The van der Waals surface area contributed by atoms with E-state index in [1.165, 1.54) is 18.2 Å². The summed E-state index contributed by atoms with van der Waals surface area (Å²) in [6.07, 6.45) is 1.60. The van der Waals surface area contributed by atoms with E-state index in [0.29, 0.717) is 5.56 Å². The molecule has 2 rings (SSSR count). The van der Waals surface area contributed by atoms with Gasteiger partial charge in [-0.2, -0.15) is 21.6 Å². The molecule has 2 aromatic rings. The van der Waals surface area contributed by atoms with E-state index in [2.05, 4.69) is 4.18 Å². The maximum absolute atomic E-state index is 13.9. The number of alkyl halides is 3. The van der Waals surface area contributed by atoms with Gasteiger partial charge in [-0.25, -0.2) is 8.78 Å². The molecule has 0 spiro atoms. The average molecular weight is 384 g/mol. The summed E-state index contributed by atoms with van der Waals surface area (Å²) in [6.45, 7) is 0. The zero-order chi connectivity index (χ0) is 18.1. The molecule has 0 bridgehead atoms. The van der Waals surface area contributed by atoms with Crippen LogP contribution in [0, 0.1) is 11.6 Å². The van der Waals surface area contributed by atoms with Crippen molar-refractivity contribution < 1.29 is 34.6 Å². The summed E-state index contributed by atoms with van der Waals surface area (Å²) >= 11 is 1.07. The molecule has 0 N–H and O–H groups in total. The van der Waals surface area contributed by atoms with Crippen molar-refractivity contribution >= 4 is 21.9 Å². The molecule has 0 aliphatic rings. The van der Waals surface area contributed by atoms with Crippen molar-refractivity contribution in [3.8, 4) is 16.9 Å². The maximum Gasteiger partial charge on any atom is 0.534 e. The fourth-order valence-electron chi connectivity index (χ4n) is 1.85. The van der Waals surface area contributed by atoms with Crippen LogP contribution in [0.25, 0.3) is 11.1 Å². The van der Waals surface area contributed by atoms with Gasteiger partial charge in [-0.3, -0.25) is 0 Å². The molecular weight excluding hydrogens is 375 g/mol. The molecule has 130 valence electrons. The molecule has 0 fully saturated rings. The van der Waals surface area contributed by atoms with Gasteiger partial charge in [0.05, 0.1) is 4.90 Å². The van der Waals surface area contributed by atoms with Crippen LogP contribution < -0.4 is 4.18 Å². The molecule has 0 aliphatic heterocycles. The van der Waals surface area contributed by atoms with Gasteiger partial charge < -0.3 is 4.18 Å². The summed E-state index contributed by atoms with van der Waals surface area (Å²) in [6, 6.07) is 6.74. The van der Waals surface area contributed by atoms with E-state index < -0.39 is 33.0 Å². The molecule has 0 aromatic heterocycles. The minimum atomic E-state index is -5.97. The van der Waals surface area contributed by atoms with E-state index in [1.807, 2.05) is 0 Å². The van der Waals surface area contributed by atoms with Gasteiger partial charge in [0.25, 0.3) is 0 Å². The summed E-state index contributed by atoms with van der Waals surface area (Å²) in [4.78, 5) is 0.216. The van der Waals surface area contributed by atoms with Crippen molar-refractivity contribution in [2.75, 3.05) is 6.26 Å². The van der Waals surface area contributed by atoms with Crippen molar-refractivity contribution in [2.45, 2.75) is 10.4 Å². The first-order valence-electron chi connectivity index (χ1n) is 6.20. The molecular formula is C14H9F5O3S2. The summed E-state index contributed by atoms with van der Waals surface area (Å²) in [5, 5.41) is 0. The average Bonchev–Trinajstić information content (AvgIpc) is 2.47. The van der Waals surface area contributed by atoms with Crippen LogP contribution in [-0.2, 0) is 10.1 Å². The van der Waals surface area contributed by atoms with E-state index in [1.54, 1.807) is 6.26 Å². The third kappa shape index (κ3) is 3.64. The maximum atomic E-state index is 13.9. The molecule has 0 saturated heterocycles. The monoisotopic (exact) mass is 384 g/mol. The van der Waals surface area contributed by atoms with Crippen LogP contribution in [0.5, 0.6) is 5.75 Å². The fourth-order valence-corrected chi connectivity index (χ4v) is 2.98. The standard InChI is InChI=1S/C14H9F5O3S2/c1-23-13-9(3-2-4-10(13)15)8-5-6-12(11(16)7-8)22-24(20,21)14(17,18)19/h2-7H,1H3. The topological polar surface area (TPSA) is 43.4 Å². The Hall–Kier alpha value is -1.81. The molecule has 0 aliphatic carbocycles. The Labute approximate surface area is 138 Å². The number of hydrogen-bond acceptors (Lipinski definition) is 4. The summed E-state index contributed by atoms with van der Waals surface area (Å²) < 4.78 is 90.0. The Balaban J connectivity index is 2.44. The SMILES string of the molecule is CSc1c(F)cccc1-c1ccc(OS(=O)(=O)C(F)(F)F)c(F)c1.